The van der Waals surface area contributed by atoms with E-state index in [1.165, 1.54) is 11.3 Å². The summed E-state index contributed by atoms with van der Waals surface area (Å²) in [5.41, 5.74) is 3.05. The predicted octanol–water partition coefficient (Wildman–Crippen LogP) is 5.35. The number of hydrogen-bond acceptors (Lipinski definition) is 5. The average molecular weight is 483 g/mol. The number of para-hydroxylation sites is 2. The standard InChI is InChI=1S/C24H16Cl2N2O3S/c1-30-21-11-14(9-10-20(21)31-13-15-16(25)5-4-6-17(15)26)12-22-23(29)28-19-8-3-2-7-18(19)27-24(28)32-22/h2-12H,13H2,1H3/b22-12+. The van der Waals surface area contributed by atoms with Crippen LogP contribution in [0.5, 0.6) is 11.5 Å². The fourth-order valence-corrected chi connectivity index (χ4v) is 4.97. The van der Waals surface area contributed by atoms with E-state index in [4.69, 9.17) is 32.7 Å². The van der Waals surface area contributed by atoms with E-state index in [-0.39, 0.29) is 12.2 Å². The number of thiazole rings is 1. The summed E-state index contributed by atoms with van der Waals surface area (Å²) >= 11 is 13.8. The SMILES string of the molecule is COc1cc(/C=c2/sc3nc4ccccc4n3c2=O)ccc1OCc1c(Cl)cccc1Cl. The number of aromatic nitrogens is 2. The van der Waals surface area contributed by atoms with Gasteiger partial charge >= 0.3 is 0 Å². The van der Waals surface area contributed by atoms with Gasteiger partial charge in [0.25, 0.3) is 5.56 Å². The number of halogens is 2. The Bertz CT molecular complexity index is 1560. The van der Waals surface area contributed by atoms with Gasteiger partial charge in [-0.2, -0.15) is 0 Å². The van der Waals surface area contributed by atoms with Crippen molar-refractivity contribution in [3.63, 3.8) is 0 Å². The van der Waals surface area contributed by atoms with Crippen LogP contribution in [-0.4, -0.2) is 16.5 Å². The zero-order chi connectivity index (χ0) is 22.2. The highest BCUT2D eigenvalue weighted by atomic mass is 35.5. The lowest BCUT2D eigenvalue weighted by Crippen LogP contribution is -2.22. The minimum Gasteiger partial charge on any atom is -0.493 e. The van der Waals surface area contributed by atoms with E-state index in [1.807, 2.05) is 42.5 Å². The molecule has 0 atom stereocenters. The Morgan fingerprint density at radius 1 is 1.03 bits per heavy atom. The van der Waals surface area contributed by atoms with Gasteiger partial charge in [0.1, 0.15) is 6.61 Å². The van der Waals surface area contributed by atoms with Gasteiger partial charge in [0.15, 0.2) is 16.5 Å². The van der Waals surface area contributed by atoms with Crippen LogP contribution in [-0.2, 0) is 6.61 Å². The van der Waals surface area contributed by atoms with Crippen molar-refractivity contribution in [1.29, 1.82) is 0 Å². The maximum atomic E-state index is 13.0. The van der Waals surface area contributed by atoms with Gasteiger partial charge in [0, 0.05) is 15.6 Å². The highest BCUT2D eigenvalue weighted by Crippen LogP contribution is 2.31. The molecule has 0 fully saturated rings. The number of rotatable bonds is 5. The molecular formula is C24H16Cl2N2O3S. The molecule has 160 valence electrons. The van der Waals surface area contributed by atoms with E-state index in [2.05, 4.69) is 4.98 Å². The third-order valence-electron chi connectivity index (χ3n) is 5.06. The quantitative estimate of drug-likeness (QED) is 0.338. The molecule has 5 nitrogen and oxygen atoms in total. The van der Waals surface area contributed by atoms with E-state index in [0.717, 1.165) is 16.6 Å². The van der Waals surface area contributed by atoms with Crippen LogP contribution in [0.4, 0.5) is 0 Å². The number of ether oxygens (including phenoxy) is 2. The van der Waals surface area contributed by atoms with Crippen LogP contribution in [0.25, 0.3) is 22.1 Å². The van der Waals surface area contributed by atoms with E-state index in [9.17, 15) is 4.79 Å². The Hall–Kier alpha value is -3.06. The Morgan fingerprint density at radius 3 is 2.59 bits per heavy atom. The molecule has 0 N–H and O–H groups in total. The molecule has 0 bridgehead atoms. The number of hydrogen-bond donors (Lipinski definition) is 0. The maximum Gasteiger partial charge on any atom is 0.274 e. The van der Waals surface area contributed by atoms with Crippen LogP contribution in [0, 0.1) is 0 Å². The van der Waals surface area contributed by atoms with Crippen LogP contribution in [0.15, 0.2) is 65.5 Å². The second-order valence-electron chi connectivity index (χ2n) is 7.03. The molecule has 0 unspecified atom stereocenters. The molecule has 0 saturated carbocycles. The molecule has 2 aromatic heterocycles. The summed E-state index contributed by atoms with van der Waals surface area (Å²) in [5.74, 6) is 1.09. The van der Waals surface area contributed by atoms with Gasteiger partial charge in [-0.3, -0.25) is 4.79 Å². The number of benzene rings is 3. The first-order chi connectivity index (χ1) is 15.5. The number of methoxy groups -OCH3 is 1. The van der Waals surface area contributed by atoms with Crippen LogP contribution < -0.4 is 19.6 Å². The molecule has 0 amide bonds. The summed E-state index contributed by atoms with van der Waals surface area (Å²) in [5, 5.41) is 1.08. The molecule has 2 heterocycles. The van der Waals surface area contributed by atoms with Crippen LogP contribution in [0.3, 0.4) is 0 Å². The van der Waals surface area contributed by atoms with Crippen molar-refractivity contribution >= 4 is 56.6 Å². The highest BCUT2D eigenvalue weighted by molar-refractivity contribution is 7.15. The monoisotopic (exact) mass is 482 g/mol. The van der Waals surface area contributed by atoms with Crippen molar-refractivity contribution in [3.05, 3.63) is 96.7 Å². The van der Waals surface area contributed by atoms with Crippen LogP contribution in [0.1, 0.15) is 11.1 Å². The second-order valence-corrected chi connectivity index (χ2v) is 8.86. The summed E-state index contributed by atoms with van der Waals surface area (Å²) in [6.07, 6.45) is 1.83. The van der Waals surface area contributed by atoms with Gasteiger partial charge in [-0.25, -0.2) is 9.38 Å². The third kappa shape index (κ3) is 3.71. The maximum absolute atomic E-state index is 13.0. The van der Waals surface area contributed by atoms with Crippen molar-refractivity contribution in [2.24, 2.45) is 0 Å². The Morgan fingerprint density at radius 2 is 1.81 bits per heavy atom. The number of nitrogens with zero attached hydrogens (tertiary/aromatic N) is 2. The highest BCUT2D eigenvalue weighted by Gasteiger charge is 2.12. The molecule has 32 heavy (non-hydrogen) atoms. The Balaban J connectivity index is 1.48. The molecule has 0 aliphatic heterocycles. The molecule has 0 spiro atoms. The summed E-state index contributed by atoms with van der Waals surface area (Å²) in [6.45, 7) is 0.206. The van der Waals surface area contributed by atoms with Crippen LogP contribution >= 0.6 is 34.5 Å². The smallest absolute Gasteiger partial charge is 0.274 e. The van der Waals surface area contributed by atoms with Gasteiger partial charge in [0.2, 0.25) is 0 Å². The van der Waals surface area contributed by atoms with E-state index < -0.39 is 0 Å². The van der Waals surface area contributed by atoms with E-state index in [1.54, 1.807) is 35.8 Å². The fraction of sp³-hybridized carbons (Fsp3) is 0.0833. The fourth-order valence-electron chi connectivity index (χ4n) is 3.48. The van der Waals surface area contributed by atoms with E-state index in [0.29, 0.717) is 36.6 Å². The summed E-state index contributed by atoms with van der Waals surface area (Å²) < 4.78 is 13.6. The molecule has 3 aromatic carbocycles. The van der Waals surface area contributed by atoms with Crippen molar-refractivity contribution in [2.75, 3.05) is 7.11 Å². The lowest BCUT2D eigenvalue weighted by molar-refractivity contribution is 0.284. The largest absolute Gasteiger partial charge is 0.493 e. The van der Waals surface area contributed by atoms with Gasteiger partial charge in [0.05, 0.1) is 22.7 Å². The zero-order valence-corrected chi connectivity index (χ0v) is 19.2. The van der Waals surface area contributed by atoms with Crippen LogP contribution in [0.2, 0.25) is 10.0 Å². The van der Waals surface area contributed by atoms with Gasteiger partial charge in [-0.1, -0.05) is 58.8 Å². The lowest BCUT2D eigenvalue weighted by Gasteiger charge is -2.13. The minimum absolute atomic E-state index is 0.0913. The van der Waals surface area contributed by atoms with Gasteiger partial charge < -0.3 is 9.47 Å². The first kappa shape index (κ1) is 20.8. The van der Waals surface area contributed by atoms with Gasteiger partial charge in [-0.05, 0) is 48.0 Å². The molecule has 8 heteroatoms. The molecule has 5 aromatic rings. The molecule has 0 radical (unpaired) electrons. The third-order valence-corrected chi connectivity index (χ3v) is 6.74. The predicted molar refractivity (Wildman–Crippen MR) is 129 cm³/mol. The summed E-state index contributed by atoms with van der Waals surface area (Å²) in [6, 6.07) is 18.4. The molecular weight excluding hydrogens is 467 g/mol. The summed E-state index contributed by atoms with van der Waals surface area (Å²) in [7, 11) is 1.57. The van der Waals surface area contributed by atoms with Crippen molar-refractivity contribution in [3.8, 4) is 11.5 Å². The molecule has 0 saturated heterocycles. The first-order valence-electron chi connectivity index (χ1n) is 9.70. The second kappa shape index (κ2) is 8.47. The topological polar surface area (TPSA) is 52.8 Å². The zero-order valence-electron chi connectivity index (χ0n) is 16.8. The first-order valence-corrected chi connectivity index (χ1v) is 11.3. The van der Waals surface area contributed by atoms with Gasteiger partial charge in [-0.15, -0.1) is 0 Å². The normalized spacial score (nSPS) is 12.0. The van der Waals surface area contributed by atoms with Crippen molar-refractivity contribution < 1.29 is 9.47 Å². The molecule has 0 aliphatic rings. The van der Waals surface area contributed by atoms with E-state index >= 15 is 0 Å². The molecule has 0 aliphatic carbocycles. The number of imidazole rings is 1. The molecule has 5 rings (SSSR count). The Kier molecular flexibility index (Phi) is 5.51. The van der Waals surface area contributed by atoms with Crippen molar-refractivity contribution in [1.82, 2.24) is 9.38 Å². The lowest BCUT2D eigenvalue weighted by atomic mass is 10.2. The summed E-state index contributed by atoms with van der Waals surface area (Å²) in [4.78, 5) is 18.2. The number of fused-ring (bicyclic) bond motifs is 3. The average Bonchev–Trinajstić information content (AvgIpc) is 3.30. The van der Waals surface area contributed by atoms with Crippen molar-refractivity contribution in [2.45, 2.75) is 6.61 Å². The Labute approximate surface area is 197 Å². The minimum atomic E-state index is -0.0913.